The van der Waals surface area contributed by atoms with Crippen molar-refractivity contribution in [3.8, 4) is 0 Å². The van der Waals surface area contributed by atoms with Crippen LogP contribution in [0.4, 0.5) is 0 Å². The molecule has 2 fully saturated rings. The maximum atomic E-state index is 14.0. The molecule has 23 heavy (non-hydrogen) atoms. The summed E-state index contributed by atoms with van der Waals surface area (Å²) in [6, 6.07) is 10.2. The van der Waals surface area contributed by atoms with Crippen molar-refractivity contribution in [1.82, 2.24) is 4.90 Å². The van der Waals surface area contributed by atoms with Crippen LogP contribution in [0.3, 0.4) is 0 Å². The van der Waals surface area contributed by atoms with E-state index in [2.05, 4.69) is 31.1 Å². The summed E-state index contributed by atoms with van der Waals surface area (Å²) in [5.41, 5.74) is 0.0714. The summed E-state index contributed by atoms with van der Waals surface area (Å²) >= 11 is 0. The highest BCUT2D eigenvalue weighted by Crippen LogP contribution is 2.38. The van der Waals surface area contributed by atoms with E-state index in [1.165, 1.54) is 19.3 Å². The van der Waals surface area contributed by atoms with Crippen molar-refractivity contribution in [3.63, 3.8) is 0 Å². The van der Waals surface area contributed by atoms with Crippen molar-refractivity contribution >= 4 is 0 Å². The van der Waals surface area contributed by atoms with Crippen LogP contribution in [0.25, 0.3) is 0 Å². The predicted octanol–water partition coefficient (Wildman–Crippen LogP) is 2.21. The van der Waals surface area contributed by atoms with Gasteiger partial charge in [-0.3, -0.25) is 4.90 Å². The van der Waals surface area contributed by atoms with Crippen LogP contribution in [-0.4, -0.2) is 56.2 Å². The van der Waals surface area contributed by atoms with Crippen LogP contribution < -0.4 is 5.11 Å². The van der Waals surface area contributed by atoms with Crippen molar-refractivity contribution in [1.29, 1.82) is 0 Å². The largest absolute Gasteiger partial charge is 0.845 e. The third-order valence-electron chi connectivity index (χ3n) is 6.03. The molecule has 3 rings (SSSR count). The van der Waals surface area contributed by atoms with Crippen molar-refractivity contribution < 1.29 is 9.59 Å². The molecule has 0 aromatic heterocycles. The van der Waals surface area contributed by atoms with Crippen molar-refractivity contribution in [2.75, 3.05) is 46.8 Å². The second-order valence-electron chi connectivity index (χ2n) is 8.25. The lowest BCUT2D eigenvalue weighted by molar-refractivity contribution is -0.894. The summed E-state index contributed by atoms with van der Waals surface area (Å²) in [5.74, 6) is 0.295. The summed E-state index contributed by atoms with van der Waals surface area (Å²) in [6.45, 7) is 5.08. The monoisotopic (exact) mass is 316 g/mol. The van der Waals surface area contributed by atoms with Gasteiger partial charge in [-0.1, -0.05) is 73.6 Å². The topological polar surface area (TPSA) is 26.3 Å². The Kier molecular flexibility index (Phi) is 5.10. The number of piperazine rings is 1. The van der Waals surface area contributed by atoms with Gasteiger partial charge in [0.2, 0.25) is 0 Å². The molecule has 0 radical (unpaired) electrons. The van der Waals surface area contributed by atoms with Gasteiger partial charge in [0.25, 0.3) is 0 Å². The summed E-state index contributed by atoms with van der Waals surface area (Å²) in [4.78, 5) is 2.43. The molecule has 1 aliphatic carbocycles. The van der Waals surface area contributed by atoms with Crippen LogP contribution >= 0.6 is 0 Å². The molecule has 3 nitrogen and oxygen atoms in total. The zero-order valence-corrected chi connectivity index (χ0v) is 14.8. The molecule has 1 saturated heterocycles. The standard InChI is InChI=1S/C20H32N2O/c1-22(2)15-13-21(14-16-22)17-20(23,18-9-5-3-6-10-18)19-11-7-4-8-12-19/h3,5-6,9-10,19H,4,7-8,11-17H2,1-2H3. The van der Waals surface area contributed by atoms with Crippen molar-refractivity contribution in [2.45, 2.75) is 37.7 Å². The molecule has 2 aliphatic rings. The highest BCUT2D eigenvalue weighted by Gasteiger charge is 2.34. The highest BCUT2D eigenvalue weighted by molar-refractivity contribution is 5.23. The van der Waals surface area contributed by atoms with E-state index in [4.69, 9.17) is 0 Å². The van der Waals surface area contributed by atoms with Crippen LogP contribution in [0.2, 0.25) is 0 Å². The van der Waals surface area contributed by atoms with Gasteiger partial charge in [0.15, 0.2) is 0 Å². The average Bonchev–Trinajstić information content (AvgIpc) is 2.58. The number of rotatable bonds is 4. The molecular weight excluding hydrogens is 284 g/mol. The molecule has 1 unspecified atom stereocenters. The minimum absolute atomic E-state index is 0.295. The number of hydrogen-bond acceptors (Lipinski definition) is 2. The van der Waals surface area contributed by atoms with Gasteiger partial charge in [-0.05, 0) is 12.5 Å². The number of hydrogen-bond donors (Lipinski definition) is 0. The van der Waals surface area contributed by atoms with Crippen molar-refractivity contribution in [3.05, 3.63) is 35.9 Å². The van der Waals surface area contributed by atoms with E-state index in [-0.39, 0.29) is 0 Å². The quantitative estimate of drug-likeness (QED) is 0.796. The van der Waals surface area contributed by atoms with E-state index in [9.17, 15) is 5.11 Å². The maximum absolute atomic E-state index is 14.0. The van der Waals surface area contributed by atoms with Gasteiger partial charge in [-0.15, -0.1) is 0 Å². The minimum atomic E-state index is -0.934. The van der Waals surface area contributed by atoms with E-state index in [0.717, 1.165) is 49.1 Å². The lowest BCUT2D eigenvalue weighted by Crippen LogP contribution is -2.61. The highest BCUT2D eigenvalue weighted by atomic mass is 16.3. The fourth-order valence-electron chi connectivity index (χ4n) is 4.28. The molecule has 1 heterocycles. The lowest BCUT2D eigenvalue weighted by atomic mass is 9.73. The average molecular weight is 316 g/mol. The number of likely N-dealkylation sites (N-methyl/N-ethyl adjacent to an activating group) is 1. The Bertz CT molecular complexity index is 486. The van der Waals surface area contributed by atoms with Gasteiger partial charge in [0.1, 0.15) is 0 Å². The van der Waals surface area contributed by atoms with Gasteiger partial charge in [-0.25, -0.2) is 0 Å². The first-order valence-electron chi connectivity index (χ1n) is 9.30. The van der Waals surface area contributed by atoms with Crippen LogP contribution in [0.1, 0.15) is 37.7 Å². The molecule has 1 saturated carbocycles. The van der Waals surface area contributed by atoms with Gasteiger partial charge in [0.05, 0.1) is 27.2 Å². The first-order chi connectivity index (χ1) is 11.0. The summed E-state index contributed by atoms with van der Waals surface area (Å²) in [6.07, 6.45) is 5.97. The molecule has 0 amide bonds. The van der Waals surface area contributed by atoms with E-state index < -0.39 is 5.60 Å². The molecule has 3 heteroatoms. The summed E-state index contributed by atoms with van der Waals surface area (Å²) in [7, 11) is 4.58. The van der Waals surface area contributed by atoms with Gasteiger partial charge < -0.3 is 9.59 Å². The van der Waals surface area contributed by atoms with E-state index >= 15 is 0 Å². The number of benzene rings is 1. The minimum Gasteiger partial charge on any atom is -0.845 e. The smallest absolute Gasteiger partial charge is 0.0912 e. The maximum Gasteiger partial charge on any atom is 0.0912 e. The SMILES string of the molecule is C[N+]1(C)CCN(CC([O-])(c2ccccc2)C2CCCCC2)CC1. The molecule has 1 atom stereocenters. The normalized spacial score (nSPS) is 25.9. The van der Waals surface area contributed by atoms with E-state index in [0.29, 0.717) is 12.5 Å². The van der Waals surface area contributed by atoms with Gasteiger partial charge >= 0.3 is 0 Å². The van der Waals surface area contributed by atoms with Crippen LogP contribution in [0.5, 0.6) is 0 Å². The Hall–Kier alpha value is -0.900. The fourth-order valence-corrected chi connectivity index (χ4v) is 4.28. The Morgan fingerprint density at radius 2 is 1.65 bits per heavy atom. The Balaban J connectivity index is 1.78. The molecule has 1 aromatic carbocycles. The summed E-state index contributed by atoms with van der Waals surface area (Å²) in [5, 5.41) is 14.0. The zero-order valence-electron chi connectivity index (χ0n) is 14.8. The Morgan fingerprint density at radius 1 is 1.04 bits per heavy atom. The molecule has 0 N–H and O–H groups in total. The van der Waals surface area contributed by atoms with Crippen molar-refractivity contribution in [2.24, 2.45) is 5.92 Å². The van der Waals surface area contributed by atoms with Gasteiger partial charge in [0, 0.05) is 13.1 Å². The Labute approximate surface area is 141 Å². The third kappa shape index (κ3) is 3.96. The number of quaternary nitrogens is 1. The number of nitrogens with zero attached hydrogens (tertiary/aromatic N) is 2. The molecular formula is C20H32N2O. The first-order valence-corrected chi connectivity index (χ1v) is 9.30. The zero-order chi connectivity index (χ0) is 16.3. The third-order valence-corrected chi connectivity index (χ3v) is 6.03. The molecule has 0 spiro atoms. The first kappa shape index (κ1) is 16.9. The lowest BCUT2D eigenvalue weighted by Gasteiger charge is -2.53. The molecule has 1 aliphatic heterocycles. The van der Waals surface area contributed by atoms with E-state index in [1.54, 1.807) is 0 Å². The van der Waals surface area contributed by atoms with Crippen LogP contribution in [0.15, 0.2) is 30.3 Å². The van der Waals surface area contributed by atoms with E-state index in [1.807, 2.05) is 18.2 Å². The second kappa shape index (κ2) is 6.92. The molecule has 128 valence electrons. The Morgan fingerprint density at radius 3 is 2.26 bits per heavy atom. The molecule has 0 bridgehead atoms. The fraction of sp³-hybridized carbons (Fsp3) is 0.700. The molecule has 1 aromatic rings. The van der Waals surface area contributed by atoms with Gasteiger partial charge in [-0.2, -0.15) is 0 Å². The predicted molar refractivity (Wildman–Crippen MR) is 93.0 cm³/mol. The summed E-state index contributed by atoms with van der Waals surface area (Å²) < 4.78 is 1.08. The van der Waals surface area contributed by atoms with Crippen LogP contribution in [0, 0.1) is 5.92 Å². The van der Waals surface area contributed by atoms with Crippen LogP contribution in [-0.2, 0) is 5.60 Å². The second-order valence-corrected chi connectivity index (χ2v) is 8.25.